The van der Waals surface area contributed by atoms with Crippen molar-refractivity contribution in [2.75, 3.05) is 7.11 Å². The number of hydrogen-bond acceptors (Lipinski definition) is 4. The third-order valence-corrected chi connectivity index (χ3v) is 3.30. The van der Waals surface area contributed by atoms with Gasteiger partial charge < -0.3 is 9.47 Å². The Kier molecular flexibility index (Phi) is 4.91. The summed E-state index contributed by atoms with van der Waals surface area (Å²) in [6.45, 7) is 0.851. The molecule has 0 aliphatic heterocycles. The fourth-order valence-electron chi connectivity index (χ4n) is 1.85. The highest BCUT2D eigenvalue weighted by atomic mass is 79.9. The lowest BCUT2D eigenvalue weighted by Gasteiger charge is -2.25. The molecule has 1 saturated carbocycles. The number of ether oxygens (including phenoxy) is 2. The largest absolute Gasteiger partial charge is 0.372 e. The van der Waals surface area contributed by atoms with Crippen molar-refractivity contribution < 1.29 is 14.3 Å². The molecule has 1 fully saturated rings. The first-order chi connectivity index (χ1) is 8.69. The molecule has 0 amide bonds. The predicted octanol–water partition coefficient (Wildman–Crippen LogP) is 2.02. The van der Waals surface area contributed by atoms with Gasteiger partial charge in [-0.05, 0) is 35.2 Å². The number of methoxy groups -OCH3 is 1. The van der Waals surface area contributed by atoms with Gasteiger partial charge in [0, 0.05) is 25.3 Å². The minimum atomic E-state index is -0.0515. The van der Waals surface area contributed by atoms with E-state index in [1.165, 1.54) is 6.42 Å². The predicted molar refractivity (Wildman–Crippen MR) is 69.3 cm³/mol. The van der Waals surface area contributed by atoms with Crippen LogP contribution in [0.4, 0.5) is 0 Å². The minimum Gasteiger partial charge on any atom is -0.372 e. The highest BCUT2D eigenvalue weighted by Gasteiger charge is 2.19. The van der Waals surface area contributed by atoms with Crippen molar-refractivity contribution in [3.05, 3.63) is 17.5 Å². The second kappa shape index (κ2) is 6.45. The average molecular weight is 317 g/mol. The zero-order valence-electron chi connectivity index (χ0n) is 10.4. The maximum atomic E-state index is 11.1. The first kappa shape index (κ1) is 13.7. The summed E-state index contributed by atoms with van der Waals surface area (Å²) >= 11 is 2.95. The lowest BCUT2D eigenvalue weighted by Crippen LogP contribution is -2.21. The molecule has 0 atom stereocenters. The van der Waals surface area contributed by atoms with E-state index >= 15 is 0 Å². The topological polar surface area (TPSA) is 53.4 Å². The summed E-state index contributed by atoms with van der Waals surface area (Å²) in [7, 11) is 1.61. The van der Waals surface area contributed by atoms with Crippen molar-refractivity contribution in [3.63, 3.8) is 0 Å². The zero-order valence-corrected chi connectivity index (χ0v) is 12.0. The van der Waals surface area contributed by atoms with Gasteiger partial charge in [-0.2, -0.15) is 5.10 Å². The summed E-state index contributed by atoms with van der Waals surface area (Å²) < 4.78 is 12.4. The summed E-state index contributed by atoms with van der Waals surface area (Å²) in [4.78, 5) is 11.1. The minimum absolute atomic E-state index is 0.0515. The molecule has 0 radical (unpaired) electrons. The summed E-state index contributed by atoms with van der Waals surface area (Å²) in [5.74, 6) is 0. The fourth-order valence-corrected chi connectivity index (χ4v) is 2.16. The Hall–Kier alpha value is -0.720. The zero-order chi connectivity index (χ0) is 13.0. The van der Waals surface area contributed by atoms with Gasteiger partial charge in [-0.15, -0.1) is 0 Å². The fraction of sp³-hybridized carbons (Fsp3) is 0.667. The molecule has 0 spiro atoms. The van der Waals surface area contributed by atoms with Crippen molar-refractivity contribution in [1.82, 2.24) is 9.78 Å². The van der Waals surface area contributed by atoms with E-state index in [1.54, 1.807) is 11.8 Å². The molecule has 0 saturated heterocycles. The van der Waals surface area contributed by atoms with Crippen LogP contribution in [0.3, 0.4) is 0 Å². The van der Waals surface area contributed by atoms with E-state index in [2.05, 4.69) is 21.0 Å². The van der Waals surface area contributed by atoms with Gasteiger partial charge in [0.15, 0.2) is 0 Å². The summed E-state index contributed by atoms with van der Waals surface area (Å²) in [6, 6.07) is 0. The third-order valence-electron chi connectivity index (χ3n) is 3.02. The van der Waals surface area contributed by atoms with Crippen molar-refractivity contribution in [1.29, 1.82) is 0 Å². The molecule has 1 aromatic heterocycles. The van der Waals surface area contributed by atoms with Crippen LogP contribution in [0.2, 0.25) is 0 Å². The summed E-state index contributed by atoms with van der Waals surface area (Å²) in [5.41, 5.74) is 1.72. The van der Waals surface area contributed by atoms with Crippen molar-refractivity contribution >= 4 is 20.6 Å². The van der Waals surface area contributed by atoms with Gasteiger partial charge in [-0.1, -0.05) is 0 Å². The number of aromatic nitrogens is 2. The van der Waals surface area contributed by atoms with Crippen molar-refractivity contribution in [2.45, 2.75) is 45.1 Å². The molecule has 100 valence electrons. The first-order valence-corrected chi connectivity index (χ1v) is 6.82. The monoisotopic (exact) mass is 316 g/mol. The van der Waals surface area contributed by atoms with Gasteiger partial charge in [-0.25, -0.2) is 4.68 Å². The normalized spacial score (nSPS) is 15.7. The van der Waals surface area contributed by atoms with E-state index in [4.69, 9.17) is 9.47 Å². The SMILES string of the molecule is COCn1cc(CC(=O)Br)c(COC2CCC2)n1. The maximum Gasteiger partial charge on any atom is 0.202 e. The molecule has 1 aliphatic carbocycles. The van der Waals surface area contributed by atoms with E-state index in [9.17, 15) is 4.79 Å². The van der Waals surface area contributed by atoms with E-state index in [1.807, 2.05) is 6.20 Å². The van der Waals surface area contributed by atoms with Crippen LogP contribution < -0.4 is 0 Å². The van der Waals surface area contributed by atoms with Crippen LogP contribution in [0.1, 0.15) is 30.5 Å². The van der Waals surface area contributed by atoms with Crippen LogP contribution in [0.5, 0.6) is 0 Å². The van der Waals surface area contributed by atoms with Gasteiger partial charge in [0.05, 0.1) is 18.4 Å². The maximum absolute atomic E-state index is 11.1. The van der Waals surface area contributed by atoms with Crippen LogP contribution in [0.15, 0.2) is 6.20 Å². The van der Waals surface area contributed by atoms with E-state index in [-0.39, 0.29) is 4.69 Å². The molecule has 5 nitrogen and oxygen atoms in total. The molecule has 1 aliphatic rings. The Labute approximate surface area is 115 Å². The Morgan fingerprint density at radius 3 is 2.94 bits per heavy atom. The number of carbonyl (C=O) groups excluding carboxylic acids is 1. The summed E-state index contributed by atoms with van der Waals surface area (Å²) in [6.07, 6.45) is 6.03. The average Bonchev–Trinajstić information content (AvgIpc) is 2.58. The molecule has 1 heterocycles. The van der Waals surface area contributed by atoms with Gasteiger partial charge in [0.25, 0.3) is 0 Å². The molecular formula is C12H17BrN2O3. The molecule has 2 rings (SSSR count). The van der Waals surface area contributed by atoms with Crippen LogP contribution in [-0.2, 0) is 34.0 Å². The molecule has 6 heteroatoms. The first-order valence-electron chi connectivity index (χ1n) is 6.03. The molecule has 1 aromatic rings. The number of nitrogens with zero attached hydrogens (tertiary/aromatic N) is 2. The van der Waals surface area contributed by atoms with Gasteiger partial charge >= 0.3 is 0 Å². The second-order valence-corrected chi connectivity index (χ2v) is 5.34. The van der Waals surface area contributed by atoms with E-state index < -0.39 is 0 Å². The highest BCUT2D eigenvalue weighted by molar-refractivity contribution is 9.18. The van der Waals surface area contributed by atoms with Gasteiger partial charge in [0.1, 0.15) is 6.73 Å². The Morgan fingerprint density at radius 1 is 1.61 bits per heavy atom. The Bertz CT molecular complexity index is 415. The van der Waals surface area contributed by atoms with Crippen molar-refractivity contribution in [3.8, 4) is 0 Å². The van der Waals surface area contributed by atoms with Crippen molar-refractivity contribution in [2.24, 2.45) is 0 Å². The molecule has 18 heavy (non-hydrogen) atoms. The Morgan fingerprint density at radius 2 is 2.39 bits per heavy atom. The molecule has 0 bridgehead atoms. The lowest BCUT2D eigenvalue weighted by molar-refractivity contribution is -0.109. The van der Waals surface area contributed by atoms with E-state index in [0.29, 0.717) is 25.9 Å². The van der Waals surface area contributed by atoms with Crippen LogP contribution in [-0.4, -0.2) is 27.7 Å². The molecular weight excluding hydrogens is 300 g/mol. The van der Waals surface area contributed by atoms with E-state index in [0.717, 1.165) is 24.1 Å². The van der Waals surface area contributed by atoms with Crippen LogP contribution >= 0.6 is 15.9 Å². The van der Waals surface area contributed by atoms with Gasteiger partial charge in [-0.3, -0.25) is 4.79 Å². The quantitative estimate of drug-likeness (QED) is 0.722. The molecule has 0 N–H and O–H groups in total. The number of hydrogen-bond donors (Lipinski definition) is 0. The third kappa shape index (κ3) is 3.63. The summed E-state index contributed by atoms with van der Waals surface area (Å²) in [5, 5.41) is 4.38. The smallest absolute Gasteiger partial charge is 0.202 e. The molecule has 0 unspecified atom stereocenters. The standard InChI is InChI=1S/C12H17BrN2O3/c1-17-8-15-6-9(5-12(13)16)11(14-15)7-18-10-3-2-4-10/h6,10H,2-5,7-8H2,1H3. The highest BCUT2D eigenvalue weighted by Crippen LogP contribution is 2.23. The number of halogens is 1. The number of rotatable bonds is 7. The second-order valence-electron chi connectivity index (χ2n) is 4.45. The molecule has 0 aromatic carbocycles. The Balaban J connectivity index is 2.01. The number of carbonyl (C=O) groups is 1. The van der Waals surface area contributed by atoms with Crippen LogP contribution in [0.25, 0.3) is 0 Å². The van der Waals surface area contributed by atoms with Gasteiger partial charge in [0.2, 0.25) is 4.69 Å². The lowest BCUT2D eigenvalue weighted by atomic mass is 9.96. The van der Waals surface area contributed by atoms with Crippen LogP contribution in [0, 0.1) is 0 Å².